The summed E-state index contributed by atoms with van der Waals surface area (Å²) in [5.74, 6) is -0.105. The van der Waals surface area contributed by atoms with E-state index >= 15 is 0 Å². The Kier molecular flexibility index (Phi) is 2.34. The smallest absolute Gasteiger partial charge is 0.238 e. The molecule has 5 rings (SSSR count). The van der Waals surface area contributed by atoms with Crippen molar-refractivity contribution in [2.24, 2.45) is 23.7 Å². The van der Waals surface area contributed by atoms with Crippen molar-refractivity contribution in [1.82, 2.24) is 0 Å². The summed E-state index contributed by atoms with van der Waals surface area (Å²) in [4.78, 5) is 28.2. The maximum absolute atomic E-state index is 12.9. The van der Waals surface area contributed by atoms with E-state index in [2.05, 4.69) is 18.2 Å². The molecule has 1 aliphatic heterocycles. The molecule has 1 saturated heterocycles. The Morgan fingerprint density at radius 1 is 1.14 bits per heavy atom. The van der Waals surface area contributed by atoms with Gasteiger partial charge in [-0.1, -0.05) is 12.2 Å². The molecular weight excluding hydrogens is 296 g/mol. The molecule has 4 nitrogen and oxygen atoms in total. The van der Waals surface area contributed by atoms with Gasteiger partial charge in [0.25, 0.3) is 0 Å². The summed E-state index contributed by atoms with van der Waals surface area (Å²) in [6.07, 6.45) is 8.06. The Morgan fingerprint density at radius 3 is 2.45 bits per heavy atom. The number of imide groups is 1. The summed E-state index contributed by atoms with van der Waals surface area (Å²) < 4.78 is 0. The van der Waals surface area contributed by atoms with Crippen LogP contribution in [0.25, 0.3) is 0 Å². The first-order valence-corrected chi connectivity index (χ1v) is 8.63. The molecule has 4 atom stereocenters. The Morgan fingerprint density at radius 2 is 1.82 bits per heavy atom. The third kappa shape index (κ3) is 1.32. The summed E-state index contributed by atoms with van der Waals surface area (Å²) in [6, 6.07) is 2.25. The van der Waals surface area contributed by atoms with Gasteiger partial charge < -0.3 is 0 Å². The number of allylic oxidation sites excluding steroid dienone is 2. The molecule has 2 bridgehead atoms. The highest BCUT2D eigenvalue weighted by Gasteiger charge is 2.60. The normalized spacial score (nSPS) is 34.4. The van der Waals surface area contributed by atoms with Gasteiger partial charge in [-0.3, -0.25) is 9.59 Å². The average Bonchev–Trinajstić information content (AvgIpc) is 3.26. The fraction of sp³-hybridized carbons (Fsp3) is 0.471. The number of nitriles is 1. The van der Waals surface area contributed by atoms with Gasteiger partial charge in [-0.25, -0.2) is 4.90 Å². The van der Waals surface area contributed by atoms with Crippen LogP contribution in [0.3, 0.4) is 0 Å². The lowest BCUT2D eigenvalue weighted by atomic mass is 9.85. The highest BCUT2D eigenvalue weighted by molar-refractivity contribution is 7.17. The van der Waals surface area contributed by atoms with Gasteiger partial charge in [0.2, 0.25) is 11.8 Å². The quantitative estimate of drug-likeness (QED) is 0.591. The third-order valence-corrected chi connectivity index (χ3v) is 6.96. The molecule has 3 aliphatic carbocycles. The standard InChI is InChI=1S/C17H14N2O2S/c18-7-11-10-2-1-3-12(10)22-17(11)19-15(20)13-8-4-5-9(6-8)14(13)16(19)21/h4-5,8-9,13-14H,1-3,6H2/t8-,9-,13+,14+/m0/s1. The van der Waals surface area contributed by atoms with Crippen molar-refractivity contribution in [3.8, 4) is 6.07 Å². The maximum atomic E-state index is 12.9. The van der Waals surface area contributed by atoms with Gasteiger partial charge in [-0.05, 0) is 43.1 Å². The number of nitrogens with zero attached hydrogens (tertiary/aromatic N) is 2. The van der Waals surface area contributed by atoms with Crippen LogP contribution < -0.4 is 4.90 Å². The highest BCUT2D eigenvalue weighted by atomic mass is 32.1. The number of aryl methyl sites for hydroxylation is 1. The van der Waals surface area contributed by atoms with E-state index in [4.69, 9.17) is 0 Å². The molecule has 2 fully saturated rings. The van der Waals surface area contributed by atoms with Crippen molar-refractivity contribution >= 4 is 28.2 Å². The van der Waals surface area contributed by atoms with Crippen LogP contribution in [0.15, 0.2) is 12.2 Å². The first-order valence-electron chi connectivity index (χ1n) is 7.81. The van der Waals surface area contributed by atoms with E-state index in [1.54, 1.807) is 0 Å². The van der Waals surface area contributed by atoms with E-state index in [-0.39, 0.29) is 35.5 Å². The molecule has 0 aromatic carbocycles. The van der Waals surface area contributed by atoms with Gasteiger partial charge in [0.05, 0.1) is 17.4 Å². The van der Waals surface area contributed by atoms with Crippen LogP contribution in [0.2, 0.25) is 0 Å². The first kappa shape index (κ1) is 12.6. The van der Waals surface area contributed by atoms with E-state index < -0.39 is 0 Å². The second kappa shape index (κ2) is 4.08. The number of carbonyl (C=O) groups excluding carboxylic acids is 2. The minimum absolute atomic E-state index is 0.0803. The first-order chi connectivity index (χ1) is 10.7. The summed E-state index contributed by atoms with van der Waals surface area (Å²) in [6.45, 7) is 0. The lowest BCUT2D eigenvalue weighted by Crippen LogP contribution is -2.32. The SMILES string of the molecule is N#Cc1c(N2C(=O)[C@H]3[C@H](C2=O)[C@H]2C=C[C@H]3C2)sc2c1CCC2. The lowest BCUT2D eigenvalue weighted by molar-refractivity contribution is -0.123. The second-order valence-electron chi connectivity index (χ2n) is 6.66. The molecule has 0 unspecified atom stereocenters. The molecule has 0 N–H and O–H groups in total. The predicted octanol–water partition coefficient (Wildman–Crippen LogP) is 2.42. The number of amides is 2. The molecule has 0 spiro atoms. The summed E-state index contributed by atoms with van der Waals surface area (Å²) >= 11 is 1.48. The highest BCUT2D eigenvalue weighted by Crippen LogP contribution is 2.54. The predicted molar refractivity (Wildman–Crippen MR) is 81.3 cm³/mol. The molecule has 1 aromatic heterocycles. The summed E-state index contributed by atoms with van der Waals surface area (Å²) in [7, 11) is 0. The molecule has 1 saturated carbocycles. The third-order valence-electron chi connectivity index (χ3n) is 5.69. The number of anilines is 1. The van der Waals surface area contributed by atoms with Gasteiger partial charge in [0.15, 0.2) is 0 Å². The Labute approximate surface area is 132 Å². The van der Waals surface area contributed by atoms with Crippen molar-refractivity contribution in [3.63, 3.8) is 0 Å². The van der Waals surface area contributed by atoms with Crippen molar-refractivity contribution in [1.29, 1.82) is 5.26 Å². The molecule has 5 heteroatoms. The molecule has 1 aromatic rings. The second-order valence-corrected chi connectivity index (χ2v) is 7.74. The van der Waals surface area contributed by atoms with Crippen LogP contribution in [0.1, 0.15) is 28.8 Å². The molecule has 0 radical (unpaired) electrons. The van der Waals surface area contributed by atoms with Gasteiger partial charge in [-0.2, -0.15) is 5.26 Å². The molecule has 4 aliphatic rings. The Balaban J connectivity index is 1.62. The Hall–Kier alpha value is -1.93. The molecule has 2 heterocycles. The van der Waals surface area contributed by atoms with Crippen LogP contribution in [0.4, 0.5) is 5.00 Å². The average molecular weight is 310 g/mol. The van der Waals surface area contributed by atoms with Crippen molar-refractivity contribution < 1.29 is 9.59 Å². The van der Waals surface area contributed by atoms with Crippen molar-refractivity contribution in [2.75, 3.05) is 4.90 Å². The number of fused-ring (bicyclic) bond motifs is 6. The Bertz CT molecular complexity index is 770. The van der Waals surface area contributed by atoms with E-state index in [0.29, 0.717) is 10.6 Å². The van der Waals surface area contributed by atoms with E-state index in [1.807, 2.05) is 0 Å². The molecular formula is C17H14N2O2S. The van der Waals surface area contributed by atoms with Crippen LogP contribution in [-0.4, -0.2) is 11.8 Å². The maximum Gasteiger partial charge on any atom is 0.238 e. The van der Waals surface area contributed by atoms with Gasteiger partial charge >= 0.3 is 0 Å². The number of carbonyl (C=O) groups is 2. The van der Waals surface area contributed by atoms with Gasteiger partial charge in [0.1, 0.15) is 11.1 Å². The van der Waals surface area contributed by atoms with Crippen LogP contribution in [-0.2, 0) is 22.4 Å². The van der Waals surface area contributed by atoms with Crippen LogP contribution >= 0.6 is 11.3 Å². The molecule has 110 valence electrons. The minimum atomic E-state index is -0.189. The summed E-state index contributed by atoms with van der Waals surface area (Å²) in [5, 5.41) is 10.1. The minimum Gasteiger partial charge on any atom is -0.274 e. The number of hydrogen-bond acceptors (Lipinski definition) is 4. The molecule has 22 heavy (non-hydrogen) atoms. The number of hydrogen-bond donors (Lipinski definition) is 0. The van der Waals surface area contributed by atoms with E-state index in [0.717, 1.165) is 31.2 Å². The molecule has 2 amide bonds. The van der Waals surface area contributed by atoms with E-state index in [9.17, 15) is 14.9 Å². The van der Waals surface area contributed by atoms with Crippen LogP contribution in [0, 0.1) is 35.0 Å². The lowest BCUT2D eigenvalue weighted by Gasteiger charge is -2.16. The van der Waals surface area contributed by atoms with E-state index in [1.165, 1.54) is 21.1 Å². The summed E-state index contributed by atoms with van der Waals surface area (Å²) in [5.41, 5.74) is 1.64. The zero-order valence-electron chi connectivity index (χ0n) is 11.9. The monoisotopic (exact) mass is 310 g/mol. The number of rotatable bonds is 1. The largest absolute Gasteiger partial charge is 0.274 e. The zero-order chi connectivity index (χ0) is 15.0. The van der Waals surface area contributed by atoms with Crippen molar-refractivity contribution in [2.45, 2.75) is 25.7 Å². The van der Waals surface area contributed by atoms with Crippen molar-refractivity contribution in [3.05, 3.63) is 28.2 Å². The fourth-order valence-electron chi connectivity index (χ4n) is 4.77. The van der Waals surface area contributed by atoms with Crippen LogP contribution in [0.5, 0.6) is 0 Å². The fourth-order valence-corrected chi connectivity index (χ4v) is 6.11. The number of thiophene rings is 1. The van der Waals surface area contributed by atoms with Gasteiger partial charge in [0, 0.05) is 4.88 Å². The topological polar surface area (TPSA) is 61.2 Å². The van der Waals surface area contributed by atoms with Gasteiger partial charge in [-0.15, -0.1) is 11.3 Å². The zero-order valence-corrected chi connectivity index (χ0v) is 12.7.